The second kappa shape index (κ2) is 15.9. The number of anilines is 1. The van der Waals surface area contributed by atoms with E-state index in [2.05, 4.69) is 20.6 Å². The molecule has 3 aromatic carbocycles. The van der Waals surface area contributed by atoms with Gasteiger partial charge in [0.1, 0.15) is 22.9 Å². The van der Waals surface area contributed by atoms with Crippen molar-refractivity contribution in [1.29, 1.82) is 0 Å². The topological polar surface area (TPSA) is 131 Å². The first kappa shape index (κ1) is 35.7. The molecule has 2 aromatic heterocycles. The van der Waals surface area contributed by atoms with E-state index in [0.717, 1.165) is 16.0 Å². The molecule has 2 unspecified atom stereocenters. The Morgan fingerprint density at radius 2 is 1.65 bits per heavy atom. The number of benzene rings is 3. The molecule has 1 saturated heterocycles. The summed E-state index contributed by atoms with van der Waals surface area (Å²) in [7, 11) is 0. The lowest BCUT2D eigenvalue weighted by Gasteiger charge is -2.50. The van der Waals surface area contributed by atoms with Crippen molar-refractivity contribution in [3.63, 3.8) is 0 Å². The monoisotopic (exact) mass is 787 g/mol. The average Bonchev–Trinajstić information content (AvgIpc) is 3.62. The Balaban J connectivity index is 1.12. The Hall–Kier alpha value is -4.66. The van der Waals surface area contributed by atoms with E-state index in [1.54, 1.807) is 42.7 Å². The molecule has 0 bridgehead atoms. The molecule has 262 valence electrons. The van der Waals surface area contributed by atoms with Gasteiger partial charge in [0.05, 0.1) is 20.5 Å². The minimum absolute atomic E-state index is 0.230. The number of fused-ring (bicyclic) bond motifs is 1. The Kier molecular flexibility index (Phi) is 10.9. The largest absolute Gasteiger partial charge is 0.452 e. The van der Waals surface area contributed by atoms with Gasteiger partial charge in [0.15, 0.2) is 11.2 Å². The Morgan fingerprint density at radius 1 is 0.923 bits per heavy atom. The molecule has 0 spiro atoms. The highest BCUT2D eigenvalue weighted by Gasteiger charge is 2.53. The molecule has 2 aliphatic rings. The highest BCUT2D eigenvalue weighted by molar-refractivity contribution is 8.04. The summed E-state index contributed by atoms with van der Waals surface area (Å²) in [6.07, 6.45) is 3.29. The van der Waals surface area contributed by atoms with Gasteiger partial charge in [-0.1, -0.05) is 95.2 Å². The van der Waals surface area contributed by atoms with Gasteiger partial charge in [0.2, 0.25) is 11.8 Å². The molecule has 10 nitrogen and oxygen atoms in total. The van der Waals surface area contributed by atoms with Gasteiger partial charge < -0.3 is 10.1 Å². The van der Waals surface area contributed by atoms with E-state index in [0.29, 0.717) is 36.9 Å². The van der Waals surface area contributed by atoms with Crippen molar-refractivity contribution in [2.45, 2.75) is 28.0 Å². The normalized spacial score (nSPS) is 16.6. The molecule has 2 N–H and O–H groups in total. The van der Waals surface area contributed by atoms with Crippen LogP contribution in [0.1, 0.15) is 38.9 Å². The summed E-state index contributed by atoms with van der Waals surface area (Å²) in [5.41, 5.74) is 2.51. The van der Waals surface area contributed by atoms with Crippen LogP contribution < -0.4 is 10.6 Å². The number of nitrogens with zero attached hydrogens (tertiary/aromatic N) is 3. The van der Waals surface area contributed by atoms with E-state index < -0.39 is 29.7 Å². The number of ether oxygens (including phenoxy) is 1. The number of halogens is 2. The molecule has 7 rings (SSSR count). The average molecular weight is 789 g/mol. The van der Waals surface area contributed by atoms with E-state index in [9.17, 15) is 19.2 Å². The quantitative estimate of drug-likeness (QED) is 0.0787. The Morgan fingerprint density at radius 3 is 2.33 bits per heavy atom. The number of aromatic nitrogens is 2. The highest BCUT2D eigenvalue weighted by atomic mass is 35.5. The minimum Gasteiger partial charge on any atom is -0.452 e. The van der Waals surface area contributed by atoms with E-state index in [1.165, 1.54) is 46.0 Å². The predicted octanol–water partition coefficient (Wildman–Crippen LogP) is 7.68. The Bertz CT molecular complexity index is 2130. The van der Waals surface area contributed by atoms with Crippen LogP contribution in [0.2, 0.25) is 10.0 Å². The van der Waals surface area contributed by atoms with E-state index in [-0.39, 0.29) is 23.0 Å². The second-order valence-corrected chi connectivity index (χ2v) is 15.7. The van der Waals surface area contributed by atoms with Gasteiger partial charge in [0, 0.05) is 34.8 Å². The van der Waals surface area contributed by atoms with Crippen molar-refractivity contribution in [3.8, 4) is 0 Å². The van der Waals surface area contributed by atoms with Crippen LogP contribution in [-0.4, -0.2) is 54.9 Å². The number of carbonyl (C=O) groups is 4. The lowest BCUT2D eigenvalue weighted by molar-refractivity contribution is -0.149. The smallest absolute Gasteiger partial charge is 0.316 e. The van der Waals surface area contributed by atoms with Gasteiger partial charge >= 0.3 is 5.97 Å². The summed E-state index contributed by atoms with van der Waals surface area (Å²) in [5, 5.41) is 5.97. The van der Waals surface area contributed by atoms with Crippen LogP contribution in [0.25, 0.3) is 5.57 Å². The SMILES string of the molecule is O=C(CC(=O)OC(c1ccccc1)c1ccccc1)NC1=C(c2cnc(NC(=O)c3cccnc3)s2)CSC2C(Sc3ccc(Cl)c(Cl)c3)C(=O)N12. The number of nitrogens with one attached hydrogen (secondary N) is 2. The summed E-state index contributed by atoms with van der Waals surface area (Å²) >= 11 is 16.4. The molecular formula is C37H27Cl2N5O5S3. The molecule has 5 aromatic rings. The van der Waals surface area contributed by atoms with Gasteiger partial charge in [-0.2, -0.15) is 0 Å². The number of esters is 1. The lowest BCUT2D eigenvalue weighted by Crippen LogP contribution is -2.64. The molecule has 3 amide bonds. The third kappa shape index (κ3) is 7.88. The fourth-order valence-corrected chi connectivity index (χ4v) is 9.62. The highest BCUT2D eigenvalue weighted by Crippen LogP contribution is 2.49. The van der Waals surface area contributed by atoms with Gasteiger partial charge in [-0.05, 0) is 41.5 Å². The van der Waals surface area contributed by atoms with Crippen LogP contribution >= 0.6 is 58.1 Å². The summed E-state index contributed by atoms with van der Waals surface area (Å²) in [6.45, 7) is 0. The first-order valence-corrected chi connectivity index (χ1v) is 19.3. The van der Waals surface area contributed by atoms with Crippen molar-refractivity contribution < 1.29 is 23.9 Å². The van der Waals surface area contributed by atoms with Crippen molar-refractivity contribution in [3.05, 3.63) is 147 Å². The molecule has 0 radical (unpaired) electrons. The summed E-state index contributed by atoms with van der Waals surface area (Å²) in [5.74, 6) is -1.32. The fraction of sp³-hybridized carbons (Fsp3) is 0.135. The fourth-order valence-electron chi connectivity index (χ4n) is 5.55. The second-order valence-electron chi connectivity index (χ2n) is 11.5. The maximum absolute atomic E-state index is 13.8. The summed E-state index contributed by atoms with van der Waals surface area (Å²) in [6, 6.07) is 27.0. The first-order valence-electron chi connectivity index (χ1n) is 15.8. The Labute approximate surface area is 321 Å². The maximum atomic E-state index is 13.8. The van der Waals surface area contributed by atoms with Crippen LogP contribution in [0.15, 0.2) is 120 Å². The number of hydrogen-bond acceptors (Lipinski definition) is 10. The number of hydrogen-bond donors (Lipinski definition) is 2. The zero-order chi connectivity index (χ0) is 36.2. The predicted molar refractivity (Wildman–Crippen MR) is 204 cm³/mol. The molecule has 0 saturated carbocycles. The molecule has 0 aliphatic carbocycles. The van der Waals surface area contributed by atoms with Gasteiger partial charge in [-0.25, -0.2) is 4.98 Å². The molecule has 2 atom stereocenters. The number of β-lactam (4-membered cyclic amide) rings is 1. The summed E-state index contributed by atoms with van der Waals surface area (Å²) < 4.78 is 5.88. The first-order chi connectivity index (χ1) is 25.2. The number of thioether (sulfide) groups is 2. The molecule has 2 aliphatic heterocycles. The number of thiazole rings is 1. The number of rotatable bonds is 11. The van der Waals surface area contributed by atoms with E-state index >= 15 is 0 Å². The minimum atomic E-state index is -0.736. The number of carbonyl (C=O) groups excluding carboxylic acids is 4. The molecule has 1 fully saturated rings. The lowest BCUT2D eigenvalue weighted by atomic mass is 10.0. The van der Waals surface area contributed by atoms with Crippen LogP contribution in [0.4, 0.5) is 5.13 Å². The van der Waals surface area contributed by atoms with Crippen molar-refractivity contribution >= 4 is 92.5 Å². The molecule has 4 heterocycles. The standard InChI is InChI=1S/C37H27Cl2N5O5S3/c38-26-14-13-24(16-27(26)39)51-32-35(48)44-33(25(20-50-36(32)44)28-19-41-37(52-28)43-34(47)23-12-7-15-40-18-23)42-29(45)17-30(46)49-31(21-8-3-1-4-9-21)22-10-5-2-6-11-22/h1-16,18-19,31-32,36H,17,20H2,(H,42,45)(H,41,43,47). The number of pyridine rings is 1. The zero-order valence-corrected chi connectivity index (χ0v) is 30.9. The molecular weight excluding hydrogens is 762 g/mol. The van der Waals surface area contributed by atoms with Crippen molar-refractivity contribution in [1.82, 2.24) is 20.2 Å². The zero-order valence-electron chi connectivity index (χ0n) is 26.9. The maximum Gasteiger partial charge on any atom is 0.316 e. The van der Waals surface area contributed by atoms with E-state index in [1.807, 2.05) is 60.7 Å². The van der Waals surface area contributed by atoms with Crippen LogP contribution in [-0.2, 0) is 19.1 Å². The molecule has 15 heteroatoms. The van der Waals surface area contributed by atoms with Crippen molar-refractivity contribution in [2.24, 2.45) is 0 Å². The van der Waals surface area contributed by atoms with E-state index in [4.69, 9.17) is 27.9 Å². The van der Waals surface area contributed by atoms with Crippen LogP contribution in [0.3, 0.4) is 0 Å². The third-order valence-corrected chi connectivity index (χ3v) is 12.4. The summed E-state index contributed by atoms with van der Waals surface area (Å²) in [4.78, 5) is 64.8. The van der Waals surface area contributed by atoms with Gasteiger partial charge in [0.25, 0.3) is 5.91 Å². The number of amides is 3. The van der Waals surface area contributed by atoms with Crippen LogP contribution in [0, 0.1) is 0 Å². The van der Waals surface area contributed by atoms with Gasteiger partial charge in [-0.3, -0.25) is 34.4 Å². The van der Waals surface area contributed by atoms with Crippen LogP contribution in [0.5, 0.6) is 0 Å². The molecule has 52 heavy (non-hydrogen) atoms. The van der Waals surface area contributed by atoms with Crippen molar-refractivity contribution in [2.75, 3.05) is 11.1 Å². The third-order valence-electron chi connectivity index (χ3n) is 8.04. The van der Waals surface area contributed by atoms with Gasteiger partial charge in [-0.15, -0.1) is 23.5 Å².